The SMILES string of the molecule is Cc1cc2ncc(C(C)S(=O)(=O)Cl)c(C)n2n1. The molecule has 0 aliphatic carbocycles. The third kappa shape index (κ3) is 2.14. The smallest absolute Gasteiger partial charge is 0.237 e. The van der Waals surface area contributed by atoms with Crippen LogP contribution in [0.3, 0.4) is 0 Å². The normalized spacial score (nSPS) is 14.1. The number of halogens is 1. The lowest BCUT2D eigenvalue weighted by molar-refractivity contribution is 0.599. The average molecular weight is 274 g/mol. The van der Waals surface area contributed by atoms with E-state index >= 15 is 0 Å². The van der Waals surface area contributed by atoms with Gasteiger partial charge in [-0.25, -0.2) is 17.9 Å². The van der Waals surface area contributed by atoms with Crippen LogP contribution in [0.5, 0.6) is 0 Å². The van der Waals surface area contributed by atoms with Gasteiger partial charge < -0.3 is 0 Å². The van der Waals surface area contributed by atoms with Gasteiger partial charge in [-0.05, 0) is 20.8 Å². The summed E-state index contributed by atoms with van der Waals surface area (Å²) in [6, 6.07) is 1.83. The van der Waals surface area contributed by atoms with E-state index < -0.39 is 14.3 Å². The van der Waals surface area contributed by atoms with Crippen LogP contribution >= 0.6 is 10.7 Å². The lowest BCUT2D eigenvalue weighted by Crippen LogP contribution is -2.09. The Morgan fingerprint density at radius 3 is 2.65 bits per heavy atom. The van der Waals surface area contributed by atoms with Crippen molar-refractivity contribution in [1.82, 2.24) is 14.6 Å². The molecule has 0 aliphatic heterocycles. The molecule has 0 N–H and O–H groups in total. The first-order valence-corrected chi connectivity index (χ1v) is 7.43. The first-order valence-electron chi connectivity index (χ1n) is 5.06. The van der Waals surface area contributed by atoms with Gasteiger partial charge in [0.2, 0.25) is 9.05 Å². The molecule has 0 saturated carbocycles. The van der Waals surface area contributed by atoms with Crippen LogP contribution in [0.1, 0.15) is 29.1 Å². The minimum atomic E-state index is -3.65. The average Bonchev–Trinajstić information content (AvgIpc) is 2.58. The van der Waals surface area contributed by atoms with Crippen molar-refractivity contribution in [3.05, 3.63) is 29.2 Å². The van der Waals surface area contributed by atoms with Crippen LogP contribution < -0.4 is 0 Å². The Hall–Kier alpha value is -1.14. The van der Waals surface area contributed by atoms with Gasteiger partial charge in [0.1, 0.15) is 5.25 Å². The van der Waals surface area contributed by atoms with Crippen molar-refractivity contribution in [3.8, 4) is 0 Å². The zero-order valence-electron chi connectivity index (χ0n) is 9.68. The molecule has 0 radical (unpaired) electrons. The Kier molecular flexibility index (Phi) is 2.87. The number of nitrogens with zero attached hydrogens (tertiary/aromatic N) is 3. The van der Waals surface area contributed by atoms with Crippen LogP contribution in [0.25, 0.3) is 5.65 Å². The summed E-state index contributed by atoms with van der Waals surface area (Å²) >= 11 is 0. The van der Waals surface area contributed by atoms with Crippen molar-refractivity contribution in [2.24, 2.45) is 0 Å². The zero-order chi connectivity index (χ0) is 12.8. The highest BCUT2D eigenvalue weighted by Crippen LogP contribution is 2.27. The molecule has 0 saturated heterocycles. The van der Waals surface area contributed by atoms with E-state index in [1.54, 1.807) is 11.4 Å². The summed E-state index contributed by atoms with van der Waals surface area (Å²) in [5.41, 5.74) is 2.83. The molecule has 2 heterocycles. The lowest BCUT2D eigenvalue weighted by atomic mass is 10.2. The molecule has 92 valence electrons. The molecule has 2 rings (SSSR count). The molecule has 0 aromatic carbocycles. The van der Waals surface area contributed by atoms with Crippen LogP contribution in [-0.2, 0) is 9.05 Å². The van der Waals surface area contributed by atoms with E-state index in [1.165, 1.54) is 13.1 Å². The second-order valence-electron chi connectivity index (χ2n) is 3.97. The third-order valence-electron chi connectivity index (χ3n) is 2.74. The summed E-state index contributed by atoms with van der Waals surface area (Å²) < 4.78 is 24.3. The van der Waals surface area contributed by atoms with Crippen LogP contribution in [0.2, 0.25) is 0 Å². The van der Waals surface area contributed by atoms with E-state index in [-0.39, 0.29) is 0 Å². The van der Waals surface area contributed by atoms with Gasteiger partial charge in [0, 0.05) is 34.2 Å². The number of aromatic nitrogens is 3. The molecule has 0 spiro atoms. The minimum absolute atomic E-state index is 0.565. The summed E-state index contributed by atoms with van der Waals surface area (Å²) in [5.74, 6) is 0. The maximum atomic E-state index is 11.3. The Bertz CT molecular complexity index is 678. The van der Waals surface area contributed by atoms with Gasteiger partial charge in [-0.2, -0.15) is 5.10 Å². The largest absolute Gasteiger partial charge is 0.239 e. The van der Waals surface area contributed by atoms with Crippen LogP contribution in [0.15, 0.2) is 12.3 Å². The summed E-state index contributed by atoms with van der Waals surface area (Å²) in [7, 11) is 1.71. The molecule has 0 amide bonds. The van der Waals surface area contributed by atoms with Gasteiger partial charge >= 0.3 is 0 Å². The fourth-order valence-corrected chi connectivity index (χ4v) is 2.55. The molecule has 17 heavy (non-hydrogen) atoms. The Balaban J connectivity index is 2.68. The monoisotopic (exact) mass is 273 g/mol. The van der Waals surface area contributed by atoms with E-state index in [9.17, 15) is 8.42 Å². The van der Waals surface area contributed by atoms with E-state index in [0.717, 1.165) is 11.4 Å². The standard InChI is InChI=1S/C10H12ClN3O2S/c1-6-4-10-12-5-9(7(2)14(10)13-6)8(3)17(11,15)16/h4-5,8H,1-3H3. The topological polar surface area (TPSA) is 64.3 Å². The lowest BCUT2D eigenvalue weighted by Gasteiger charge is -2.11. The maximum absolute atomic E-state index is 11.3. The van der Waals surface area contributed by atoms with Gasteiger partial charge in [-0.1, -0.05) is 0 Å². The van der Waals surface area contributed by atoms with Crippen molar-refractivity contribution in [3.63, 3.8) is 0 Å². The Labute approximate surface area is 104 Å². The molecule has 2 aromatic rings. The highest BCUT2D eigenvalue weighted by atomic mass is 35.7. The summed E-state index contributed by atoms with van der Waals surface area (Å²) in [4.78, 5) is 4.17. The van der Waals surface area contributed by atoms with Gasteiger partial charge in [-0.15, -0.1) is 0 Å². The molecular formula is C10H12ClN3O2S. The molecule has 0 aliphatic rings. The van der Waals surface area contributed by atoms with Crippen molar-refractivity contribution < 1.29 is 8.42 Å². The number of aryl methyl sites for hydroxylation is 2. The molecule has 2 aromatic heterocycles. The van der Waals surface area contributed by atoms with Crippen molar-refractivity contribution in [2.45, 2.75) is 26.0 Å². The zero-order valence-corrected chi connectivity index (χ0v) is 11.2. The molecule has 0 fully saturated rings. The van der Waals surface area contributed by atoms with Crippen molar-refractivity contribution in [2.75, 3.05) is 0 Å². The van der Waals surface area contributed by atoms with Gasteiger partial charge in [0.05, 0.1) is 5.69 Å². The number of hydrogen-bond acceptors (Lipinski definition) is 4. The highest BCUT2D eigenvalue weighted by molar-refractivity contribution is 8.13. The second kappa shape index (κ2) is 3.96. The molecule has 0 bridgehead atoms. The third-order valence-corrected chi connectivity index (χ3v) is 4.64. The van der Waals surface area contributed by atoms with E-state index in [0.29, 0.717) is 11.2 Å². The Morgan fingerprint density at radius 2 is 2.06 bits per heavy atom. The van der Waals surface area contributed by atoms with Gasteiger partial charge in [0.15, 0.2) is 5.65 Å². The van der Waals surface area contributed by atoms with Crippen LogP contribution in [-0.4, -0.2) is 23.0 Å². The molecule has 1 unspecified atom stereocenters. The van der Waals surface area contributed by atoms with Crippen molar-refractivity contribution >= 4 is 25.4 Å². The summed E-state index contributed by atoms with van der Waals surface area (Å²) in [6.45, 7) is 5.19. The first kappa shape index (κ1) is 12.3. The summed E-state index contributed by atoms with van der Waals surface area (Å²) in [5, 5.41) is 3.45. The van der Waals surface area contributed by atoms with Crippen LogP contribution in [0.4, 0.5) is 0 Å². The predicted octanol–water partition coefficient (Wildman–Crippen LogP) is 1.98. The Morgan fingerprint density at radius 1 is 1.41 bits per heavy atom. The van der Waals surface area contributed by atoms with Gasteiger partial charge in [0.25, 0.3) is 0 Å². The number of fused-ring (bicyclic) bond motifs is 1. The molecule has 1 atom stereocenters. The van der Waals surface area contributed by atoms with Crippen molar-refractivity contribution in [1.29, 1.82) is 0 Å². The molecular weight excluding hydrogens is 262 g/mol. The maximum Gasteiger partial charge on any atom is 0.239 e. The predicted molar refractivity (Wildman–Crippen MR) is 65.6 cm³/mol. The quantitative estimate of drug-likeness (QED) is 0.785. The van der Waals surface area contributed by atoms with Crippen LogP contribution in [0, 0.1) is 13.8 Å². The highest BCUT2D eigenvalue weighted by Gasteiger charge is 2.23. The minimum Gasteiger partial charge on any atom is -0.237 e. The molecule has 5 nitrogen and oxygen atoms in total. The summed E-state index contributed by atoms with van der Waals surface area (Å²) in [6.07, 6.45) is 1.54. The van der Waals surface area contributed by atoms with E-state index in [2.05, 4.69) is 10.1 Å². The fourth-order valence-electron chi connectivity index (χ4n) is 1.73. The molecule has 7 heteroatoms. The number of hydrogen-bond donors (Lipinski definition) is 0. The number of rotatable bonds is 2. The van der Waals surface area contributed by atoms with E-state index in [4.69, 9.17) is 10.7 Å². The van der Waals surface area contributed by atoms with Gasteiger partial charge in [-0.3, -0.25) is 0 Å². The second-order valence-corrected chi connectivity index (χ2v) is 6.92. The fraction of sp³-hybridized carbons (Fsp3) is 0.400. The first-order chi connectivity index (χ1) is 7.80. The van der Waals surface area contributed by atoms with E-state index in [1.807, 2.05) is 13.0 Å².